The number of para-hydroxylation sites is 2. The number of benzene rings is 8. The van der Waals surface area contributed by atoms with Gasteiger partial charge in [-0.15, -0.1) is 0 Å². The van der Waals surface area contributed by atoms with Crippen molar-refractivity contribution in [3.8, 4) is 63.1 Å². The second kappa shape index (κ2) is 15.9. The van der Waals surface area contributed by atoms with Gasteiger partial charge in [0.15, 0.2) is 23.3 Å². The minimum Gasteiger partial charge on any atom is -0.305 e. The lowest BCUT2D eigenvalue weighted by Crippen LogP contribution is -2.13. The van der Waals surface area contributed by atoms with E-state index in [0.29, 0.717) is 41.1 Å². The van der Waals surface area contributed by atoms with Crippen LogP contribution in [-0.2, 0) is 6.42 Å². The molecule has 0 N–H and O–H groups in total. The van der Waals surface area contributed by atoms with Crippen LogP contribution >= 0.6 is 0 Å². The Labute approximate surface area is 402 Å². The normalized spacial score (nSPS) is 13.5. The molecule has 13 aromatic rings. The Hall–Kier alpha value is -9.34. The van der Waals surface area contributed by atoms with Crippen molar-refractivity contribution in [2.45, 2.75) is 13.3 Å². The zero-order valence-electron chi connectivity index (χ0n) is 38.0. The molecule has 0 aliphatic heterocycles. The first-order valence-corrected chi connectivity index (χ1v) is 23.7. The highest BCUT2D eigenvalue weighted by molar-refractivity contribution is 6.27. The number of aromatic nitrogens is 9. The SMILES string of the molecule is CC1C=Cc2c(n(-c3nc(-c4ccccc4)nc(-c4ccccc4)n3)c3c2ccc2c4ccc5c6ccccc6n(-c6nc(-c7ccccc7)nc(-c7ccccc7)n6)c5c4n(-c4ccccc4)c23)C1. The molecule has 5 aromatic heterocycles. The van der Waals surface area contributed by atoms with E-state index in [9.17, 15) is 0 Å². The first-order chi connectivity index (χ1) is 34.6. The van der Waals surface area contributed by atoms with Crippen LogP contribution in [-0.4, -0.2) is 43.6 Å². The number of fused-ring (bicyclic) bond motifs is 11. The minimum absolute atomic E-state index is 0.298. The summed E-state index contributed by atoms with van der Waals surface area (Å²) < 4.78 is 7.04. The Kier molecular flexibility index (Phi) is 9.03. The molecule has 8 aromatic carbocycles. The first-order valence-electron chi connectivity index (χ1n) is 23.7. The van der Waals surface area contributed by atoms with E-state index in [-0.39, 0.29) is 0 Å². The number of allylic oxidation sites excluding steroid dienone is 1. The summed E-state index contributed by atoms with van der Waals surface area (Å²) in [4.78, 5) is 31.7. The fourth-order valence-electron chi connectivity index (χ4n) is 10.6. The van der Waals surface area contributed by atoms with Gasteiger partial charge in [0.25, 0.3) is 0 Å². The van der Waals surface area contributed by atoms with E-state index in [1.54, 1.807) is 0 Å². The zero-order valence-corrected chi connectivity index (χ0v) is 38.0. The molecule has 0 saturated carbocycles. The van der Waals surface area contributed by atoms with Crippen LogP contribution < -0.4 is 0 Å². The Morgan fingerprint density at radius 1 is 0.357 bits per heavy atom. The van der Waals surface area contributed by atoms with Gasteiger partial charge in [-0.05, 0) is 30.5 Å². The molecule has 9 nitrogen and oxygen atoms in total. The van der Waals surface area contributed by atoms with Crippen LogP contribution in [0.1, 0.15) is 18.2 Å². The van der Waals surface area contributed by atoms with Crippen molar-refractivity contribution in [2.75, 3.05) is 0 Å². The molecule has 0 amide bonds. The molecule has 1 atom stereocenters. The van der Waals surface area contributed by atoms with E-state index >= 15 is 0 Å². The van der Waals surface area contributed by atoms with Crippen LogP contribution in [0.3, 0.4) is 0 Å². The molecule has 14 rings (SSSR count). The van der Waals surface area contributed by atoms with E-state index in [4.69, 9.17) is 29.9 Å². The summed E-state index contributed by atoms with van der Waals surface area (Å²) in [5.74, 6) is 3.83. The van der Waals surface area contributed by atoms with Crippen molar-refractivity contribution >= 4 is 60.6 Å². The highest BCUT2D eigenvalue weighted by atomic mass is 15.2. The fraction of sp³-hybridized carbons (Fsp3) is 0.0492. The third kappa shape index (κ3) is 6.25. The summed E-state index contributed by atoms with van der Waals surface area (Å²) in [5, 5.41) is 5.51. The summed E-state index contributed by atoms with van der Waals surface area (Å²) in [6.07, 6.45) is 5.43. The molecule has 9 heteroatoms. The summed E-state index contributed by atoms with van der Waals surface area (Å²) in [6.45, 7) is 2.28. The van der Waals surface area contributed by atoms with Gasteiger partial charge >= 0.3 is 0 Å². The quantitative estimate of drug-likeness (QED) is 0.158. The van der Waals surface area contributed by atoms with Gasteiger partial charge in [-0.2, -0.15) is 19.9 Å². The lowest BCUT2D eigenvalue weighted by molar-refractivity contribution is 0.684. The van der Waals surface area contributed by atoms with Gasteiger partial charge in [0.05, 0.1) is 27.6 Å². The van der Waals surface area contributed by atoms with Crippen molar-refractivity contribution < 1.29 is 0 Å². The molecule has 0 fully saturated rings. The summed E-state index contributed by atoms with van der Waals surface area (Å²) in [7, 11) is 0. The van der Waals surface area contributed by atoms with Crippen LogP contribution in [0, 0.1) is 5.92 Å². The fourth-order valence-corrected chi connectivity index (χ4v) is 10.6. The van der Waals surface area contributed by atoms with Crippen LogP contribution in [0.4, 0.5) is 0 Å². The minimum atomic E-state index is 0.298. The number of hydrogen-bond donors (Lipinski definition) is 0. The molecule has 5 heterocycles. The third-order valence-corrected chi connectivity index (χ3v) is 13.7. The predicted molar refractivity (Wildman–Crippen MR) is 282 cm³/mol. The van der Waals surface area contributed by atoms with Crippen molar-refractivity contribution in [3.05, 3.63) is 218 Å². The van der Waals surface area contributed by atoms with Crippen molar-refractivity contribution in [1.29, 1.82) is 0 Å². The van der Waals surface area contributed by atoms with Crippen LogP contribution in [0.2, 0.25) is 0 Å². The Morgan fingerprint density at radius 3 is 1.24 bits per heavy atom. The average Bonchev–Trinajstić information content (AvgIpc) is 4.07. The number of rotatable bonds is 7. The van der Waals surface area contributed by atoms with E-state index in [1.165, 1.54) is 5.56 Å². The van der Waals surface area contributed by atoms with Gasteiger partial charge in [-0.1, -0.05) is 201 Å². The molecule has 1 unspecified atom stereocenters. The summed E-state index contributed by atoms with van der Waals surface area (Å²) >= 11 is 0. The highest BCUT2D eigenvalue weighted by Gasteiger charge is 2.30. The molecular weight excluding hydrogens is 859 g/mol. The molecule has 0 radical (unpaired) electrons. The van der Waals surface area contributed by atoms with Gasteiger partial charge in [0, 0.05) is 66.1 Å². The van der Waals surface area contributed by atoms with E-state index in [0.717, 1.165) is 94.6 Å². The van der Waals surface area contributed by atoms with Gasteiger partial charge in [0.1, 0.15) is 0 Å². The smallest absolute Gasteiger partial charge is 0.238 e. The van der Waals surface area contributed by atoms with Crippen molar-refractivity contribution in [3.63, 3.8) is 0 Å². The van der Waals surface area contributed by atoms with Crippen LogP contribution in [0.25, 0.3) is 124 Å². The van der Waals surface area contributed by atoms with Crippen molar-refractivity contribution in [1.82, 2.24) is 43.6 Å². The predicted octanol–water partition coefficient (Wildman–Crippen LogP) is 14.1. The lowest BCUT2D eigenvalue weighted by Gasteiger charge is -2.17. The largest absolute Gasteiger partial charge is 0.305 e. The second-order valence-corrected chi connectivity index (χ2v) is 18.0. The molecule has 330 valence electrons. The van der Waals surface area contributed by atoms with Crippen LogP contribution in [0.5, 0.6) is 0 Å². The number of hydrogen-bond acceptors (Lipinski definition) is 6. The maximum atomic E-state index is 5.40. The summed E-state index contributed by atoms with van der Waals surface area (Å²) in [6, 6.07) is 69.2. The average molecular weight is 900 g/mol. The maximum absolute atomic E-state index is 5.40. The van der Waals surface area contributed by atoms with Gasteiger partial charge < -0.3 is 4.57 Å². The first kappa shape index (κ1) is 39.8. The molecule has 0 spiro atoms. The third-order valence-electron chi connectivity index (χ3n) is 13.7. The molecule has 1 aliphatic carbocycles. The summed E-state index contributed by atoms with van der Waals surface area (Å²) in [5.41, 5.74) is 12.1. The molecule has 70 heavy (non-hydrogen) atoms. The number of nitrogens with zero attached hydrogens (tertiary/aromatic N) is 9. The molecule has 0 saturated heterocycles. The standard InChI is InChI=1S/C61H41N9/c1-38-31-32-45-47-34-36-49-48-35-33-46-44-29-17-18-30-50(44)69(60-64-56(39-19-7-2-8-20-39)62-57(65-60)40-21-9-3-10-22-40)54(46)52(48)68(43-27-15-6-16-28-43)53(49)55(47)70(51(45)37-38)61-66-58(41-23-11-4-12-24-41)63-59(67-61)42-25-13-5-14-26-42/h2-36,38H,37H2,1H3. The zero-order chi connectivity index (χ0) is 46.3. The Bertz CT molecular complexity index is 4080. The van der Waals surface area contributed by atoms with Gasteiger partial charge in [-0.25, -0.2) is 9.97 Å². The van der Waals surface area contributed by atoms with E-state index < -0.39 is 0 Å². The highest BCUT2D eigenvalue weighted by Crippen LogP contribution is 2.46. The lowest BCUT2D eigenvalue weighted by atomic mass is 9.94. The van der Waals surface area contributed by atoms with Crippen molar-refractivity contribution in [2.24, 2.45) is 5.92 Å². The molecule has 0 bridgehead atoms. The molecule has 1 aliphatic rings. The van der Waals surface area contributed by atoms with Gasteiger partial charge in [-0.3, -0.25) is 9.13 Å². The van der Waals surface area contributed by atoms with Gasteiger partial charge in [0.2, 0.25) is 11.9 Å². The Morgan fingerprint density at radius 2 is 0.743 bits per heavy atom. The second-order valence-electron chi connectivity index (χ2n) is 18.0. The Balaban J connectivity index is 1.16. The molecular formula is C61H41N9. The maximum Gasteiger partial charge on any atom is 0.238 e. The topological polar surface area (TPSA) is 92.1 Å². The van der Waals surface area contributed by atoms with Crippen LogP contribution in [0.15, 0.2) is 206 Å². The monoisotopic (exact) mass is 899 g/mol. The van der Waals surface area contributed by atoms with E-state index in [2.05, 4.69) is 160 Å². The van der Waals surface area contributed by atoms with E-state index in [1.807, 2.05) is 72.8 Å².